The summed E-state index contributed by atoms with van der Waals surface area (Å²) in [5, 5.41) is 9.07. The molecule has 9 heteroatoms. The fourth-order valence-corrected chi connectivity index (χ4v) is 4.25. The number of likely N-dealkylation sites (tertiary alicyclic amines) is 1. The highest BCUT2D eigenvalue weighted by Crippen LogP contribution is 2.33. The summed E-state index contributed by atoms with van der Waals surface area (Å²) in [5.74, 6) is -0.425. The van der Waals surface area contributed by atoms with Crippen molar-refractivity contribution in [2.45, 2.75) is 23.7 Å². The Labute approximate surface area is 166 Å². The third kappa shape index (κ3) is 3.82. The largest absolute Gasteiger partial charge is 0.465 e. The van der Waals surface area contributed by atoms with E-state index in [9.17, 15) is 17.6 Å². The summed E-state index contributed by atoms with van der Waals surface area (Å²) in [6.07, 6.45) is 1.56. The van der Waals surface area contributed by atoms with Crippen LogP contribution in [0.25, 0.3) is 22.6 Å². The monoisotopic (exact) mass is 418 g/mol. The smallest absolute Gasteiger partial charge is 0.407 e. The van der Waals surface area contributed by atoms with E-state index in [1.807, 2.05) is 12.1 Å². The van der Waals surface area contributed by atoms with Gasteiger partial charge < -0.3 is 14.4 Å². The Hall–Kier alpha value is -2.94. The van der Waals surface area contributed by atoms with Gasteiger partial charge in [-0.05, 0) is 54.7 Å². The molecule has 3 aromatic rings. The van der Waals surface area contributed by atoms with E-state index in [2.05, 4.69) is 4.98 Å². The van der Waals surface area contributed by atoms with Crippen LogP contribution in [0.4, 0.5) is 9.18 Å². The van der Waals surface area contributed by atoms with Gasteiger partial charge in [0.2, 0.25) is 5.89 Å². The predicted octanol–water partition coefficient (Wildman–Crippen LogP) is 3.89. The Bertz CT molecular complexity index is 1200. The van der Waals surface area contributed by atoms with Crippen LogP contribution in [0.2, 0.25) is 0 Å². The van der Waals surface area contributed by atoms with Crippen molar-refractivity contribution in [2.24, 2.45) is 0 Å². The lowest BCUT2D eigenvalue weighted by Gasteiger charge is -2.30. The second-order valence-electron chi connectivity index (χ2n) is 7.20. The second kappa shape index (κ2) is 7.14. The summed E-state index contributed by atoms with van der Waals surface area (Å²) in [6.45, 7) is 0.967. The number of nitrogens with zero attached hydrogens (tertiary/aromatic N) is 2. The molecule has 0 unspecified atom stereocenters. The lowest BCUT2D eigenvalue weighted by Crippen LogP contribution is -2.36. The van der Waals surface area contributed by atoms with Crippen molar-refractivity contribution in [3.63, 3.8) is 0 Å². The molecule has 0 saturated carbocycles. The molecule has 0 spiro atoms. The quantitative estimate of drug-likeness (QED) is 0.692. The second-order valence-corrected chi connectivity index (χ2v) is 9.22. The van der Waals surface area contributed by atoms with E-state index in [1.165, 1.54) is 17.0 Å². The molecule has 1 aliphatic heterocycles. The Morgan fingerprint density at radius 1 is 1.21 bits per heavy atom. The molecule has 0 bridgehead atoms. The average Bonchev–Trinajstić information content (AvgIpc) is 3.10. The van der Waals surface area contributed by atoms with Crippen molar-refractivity contribution in [3.8, 4) is 11.5 Å². The standard InChI is InChI=1S/C20H19FN2O5S/c1-29(26,27)14-3-4-15(16(21)11-14)19-22-17-5-2-13(10-18(17)28-19)12-6-8-23(9-7-12)20(24)25/h2-5,10-12H,6-9H2,1H3,(H,24,25). The summed E-state index contributed by atoms with van der Waals surface area (Å²) < 4.78 is 43.4. The summed E-state index contributed by atoms with van der Waals surface area (Å²) in [7, 11) is -3.51. The normalized spacial score (nSPS) is 15.7. The molecular weight excluding hydrogens is 399 g/mol. The van der Waals surface area contributed by atoms with Gasteiger partial charge in [0.05, 0.1) is 10.5 Å². The van der Waals surface area contributed by atoms with Crippen molar-refractivity contribution in [1.82, 2.24) is 9.88 Å². The summed E-state index contributed by atoms with van der Waals surface area (Å²) in [6, 6.07) is 9.21. The zero-order valence-electron chi connectivity index (χ0n) is 15.6. The Balaban J connectivity index is 1.62. The average molecular weight is 418 g/mol. The molecule has 1 aliphatic rings. The van der Waals surface area contributed by atoms with Crippen LogP contribution < -0.4 is 0 Å². The van der Waals surface area contributed by atoms with Crippen LogP contribution in [0.5, 0.6) is 0 Å². The molecule has 0 atom stereocenters. The van der Waals surface area contributed by atoms with Crippen LogP contribution in [-0.4, -0.2) is 48.8 Å². The lowest BCUT2D eigenvalue weighted by atomic mass is 9.89. The molecule has 1 fully saturated rings. The van der Waals surface area contributed by atoms with Crippen LogP contribution in [0, 0.1) is 5.82 Å². The number of hydrogen-bond acceptors (Lipinski definition) is 5. The number of sulfone groups is 1. The van der Waals surface area contributed by atoms with Crippen molar-refractivity contribution in [3.05, 3.63) is 47.8 Å². The summed E-state index contributed by atoms with van der Waals surface area (Å²) in [5.41, 5.74) is 2.19. The molecule has 4 rings (SSSR count). The minimum absolute atomic E-state index is 0.0791. The Morgan fingerprint density at radius 3 is 2.55 bits per heavy atom. The highest BCUT2D eigenvalue weighted by Gasteiger charge is 2.24. The van der Waals surface area contributed by atoms with Crippen LogP contribution >= 0.6 is 0 Å². The maximum atomic E-state index is 14.4. The van der Waals surface area contributed by atoms with E-state index in [0.717, 1.165) is 30.7 Å². The van der Waals surface area contributed by atoms with Crippen molar-refractivity contribution in [2.75, 3.05) is 19.3 Å². The topological polar surface area (TPSA) is 101 Å². The number of aromatic nitrogens is 1. The fraction of sp³-hybridized carbons (Fsp3) is 0.300. The van der Waals surface area contributed by atoms with Crippen molar-refractivity contribution >= 4 is 27.0 Å². The minimum atomic E-state index is -3.51. The zero-order valence-corrected chi connectivity index (χ0v) is 16.4. The van der Waals surface area contributed by atoms with Gasteiger partial charge >= 0.3 is 6.09 Å². The summed E-state index contributed by atoms with van der Waals surface area (Å²) in [4.78, 5) is 16.7. The van der Waals surface area contributed by atoms with Gasteiger partial charge in [-0.1, -0.05) is 6.07 Å². The van der Waals surface area contributed by atoms with E-state index in [-0.39, 0.29) is 22.3 Å². The van der Waals surface area contributed by atoms with E-state index < -0.39 is 21.7 Å². The van der Waals surface area contributed by atoms with Crippen molar-refractivity contribution in [1.29, 1.82) is 0 Å². The van der Waals surface area contributed by atoms with Crippen LogP contribution in [0.3, 0.4) is 0 Å². The molecule has 29 heavy (non-hydrogen) atoms. The molecule has 1 N–H and O–H groups in total. The fourth-order valence-electron chi connectivity index (χ4n) is 3.61. The molecule has 0 radical (unpaired) electrons. The van der Waals surface area contributed by atoms with E-state index in [1.54, 1.807) is 6.07 Å². The van der Waals surface area contributed by atoms with Gasteiger partial charge in [0.1, 0.15) is 11.3 Å². The number of carbonyl (C=O) groups is 1. The molecule has 1 amide bonds. The Kier molecular flexibility index (Phi) is 4.77. The van der Waals surface area contributed by atoms with Gasteiger partial charge in [-0.2, -0.15) is 0 Å². The highest BCUT2D eigenvalue weighted by atomic mass is 32.2. The maximum absolute atomic E-state index is 14.4. The molecule has 7 nitrogen and oxygen atoms in total. The number of fused-ring (bicyclic) bond motifs is 1. The summed E-state index contributed by atoms with van der Waals surface area (Å²) >= 11 is 0. The first kappa shape index (κ1) is 19.4. The number of hydrogen-bond donors (Lipinski definition) is 1. The van der Waals surface area contributed by atoms with Gasteiger partial charge in [0, 0.05) is 19.3 Å². The number of piperidine rings is 1. The SMILES string of the molecule is CS(=O)(=O)c1ccc(-c2nc3ccc(C4CCN(C(=O)O)CC4)cc3o2)c(F)c1. The Morgan fingerprint density at radius 2 is 1.93 bits per heavy atom. The van der Waals surface area contributed by atoms with Crippen LogP contribution in [0.1, 0.15) is 24.3 Å². The molecule has 0 aliphatic carbocycles. The van der Waals surface area contributed by atoms with Gasteiger partial charge in [-0.3, -0.25) is 0 Å². The number of carboxylic acid groups (broad SMARTS) is 1. The van der Waals surface area contributed by atoms with Crippen LogP contribution in [0.15, 0.2) is 45.7 Å². The molecule has 2 heterocycles. The zero-order chi connectivity index (χ0) is 20.8. The molecule has 152 valence electrons. The molecule has 2 aromatic carbocycles. The lowest BCUT2D eigenvalue weighted by molar-refractivity contribution is 0.132. The number of rotatable bonds is 3. The number of amides is 1. The maximum Gasteiger partial charge on any atom is 0.407 e. The number of oxazole rings is 1. The van der Waals surface area contributed by atoms with Gasteiger partial charge in [-0.15, -0.1) is 0 Å². The van der Waals surface area contributed by atoms with Gasteiger partial charge in [0.15, 0.2) is 15.4 Å². The number of halogens is 1. The number of benzene rings is 2. The van der Waals surface area contributed by atoms with Crippen molar-refractivity contribution < 1.29 is 27.1 Å². The van der Waals surface area contributed by atoms with Crippen LogP contribution in [-0.2, 0) is 9.84 Å². The third-order valence-electron chi connectivity index (χ3n) is 5.25. The molecule has 1 saturated heterocycles. The van der Waals surface area contributed by atoms with Gasteiger partial charge in [-0.25, -0.2) is 22.6 Å². The molecule has 1 aromatic heterocycles. The first-order valence-corrected chi connectivity index (χ1v) is 11.0. The molecular formula is C20H19FN2O5S. The third-order valence-corrected chi connectivity index (χ3v) is 6.36. The van der Waals surface area contributed by atoms with E-state index in [4.69, 9.17) is 9.52 Å². The minimum Gasteiger partial charge on any atom is -0.465 e. The van der Waals surface area contributed by atoms with Gasteiger partial charge in [0.25, 0.3) is 0 Å². The predicted molar refractivity (Wildman–Crippen MR) is 104 cm³/mol. The highest BCUT2D eigenvalue weighted by molar-refractivity contribution is 7.90. The first-order valence-electron chi connectivity index (χ1n) is 9.11. The first-order chi connectivity index (χ1) is 13.7. The van der Waals surface area contributed by atoms with E-state index >= 15 is 0 Å². The van der Waals surface area contributed by atoms with E-state index in [0.29, 0.717) is 24.2 Å².